The Labute approximate surface area is 105 Å². The average molecular weight is 239 g/mol. The fourth-order valence-corrected chi connectivity index (χ4v) is 3.07. The quantitative estimate of drug-likeness (QED) is 0.705. The molecule has 2 aliphatic heterocycles. The molecule has 2 heterocycles. The molecular formula is C14H25NO2. The van der Waals surface area contributed by atoms with Gasteiger partial charge in [-0.3, -0.25) is 0 Å². The summed E-state index contributed by atoms with van der Waals surface area (Å²) in [4.78, 5) is 13.9. The molecule has 0 aromatic heterocycles. The minimum Gasteiger partial charge on any atom is -0.380 e. The number of likely N-dealkylation sites (tertiary alicyclic amines) is 1. The van der Waals surface area contributed by atoms with Crippen LogP contribution in [-0.2, 0) is 9.53 Å². The number of piperidine rings is 1. The number of carbonyl (C=O) groups excluding carboxylic acids is 1. The van der Waals surface area contributed by atoms with Gasteiger partial charge in [0.1, 0.15) is 6.29 Å². The Morgan fingerprint density at radius 1 is 1.41 bits per heavy atom. The summed E-state index contributed by atoms with van der Waals surface area (Å²) >= 11 is 0. The van der Waals surface area contributed by atoms with Crippen molar-refractivity contribution in [3.05, 3.63) is 0 Å². The maximum absolute atomic E-state index is 11.4. The standard InChI is InChI=1S/C14H25NO2/c1-12-4-6-15(8-13(12)2)9-14(10-16)5-3-7-17-11-14/h10,12-13H,3-9,11H2,1-2H3. The van der Waals surface area contributed by atoms with E-state index in [0.717, 1.165) is 57.2 Å². The van der Waals surface area contributed by atoms with Crippen LogP contribution in [0.1, 0.15) is 33.1 Å². The van der Waals surface area contributed by atoms with Gasteiger partial charge >= 0.3 is 0 Å². The van der Waals surface area contributed by atoms with Gasteiger partial charge < -0.3 is 14.4 Å². The van der Waals surface area contributed by atoms with Crippen molar-refractivity contribution in [2.24, 2.45) is 17.3 Å². The number of hydrogen-bond acceptors (Lipinski definition) is 3. The van der Waals surface area contributed by atoms with Crippen LogP contribution in [0.2, 0.25) is 0 Å². The number of rotatable bonds is 3. The van der Waals surface area contributed by atoms with Crippen LogP contribution in [0.4, 0.5) is 0 Å². The van der Waals surface area contributed by atoms with E-state index in [4.69, 9.17) is 4.74 Å². The first-order valence-electron chi connectivity index (χ1n) is 6.92. The van der Waals surface area contributed by atoms with Crippen LogP contribution in [0.5, 0.6) is 0 Å². The van der Waals surface area contributed by atoms with Crippen LogP contribution in [-0.4, -0.2) is 44.0 Å². The van der Waals surface area contributed by atoms with Gasteiger partial charge in [-0.25, -0.2) is 0 Å². The summed E-state index contributed by atoms with van der Waals surface area (Å²) in [7, 11) is 0. The van der Waals surface area contributed by atoms with Crippen molar-refractivity contribution in [3.8, 4) is 0 Å². The van der Waals surface area contributed by atoms with Crippen LogP contribution in [0.15, 0.2) is 0 Å². The summed E-state index contributed by atoms with van der Waals surface area (Å²) in [6.45, 7) is 9.27. The van der Waals surface area contributed by atoms with Crippen molar-refractivity contribution in [3.63, 3.8) is 0 Å². The SMILES string of the molecule is CC1CCN(CC2(C=O)CCCOC2)CC1C. The molecule has 0 amide bonds. The molecule has 98 valence electrons. The van der Waals surface area contributed by atoms with E-state index < -0.39 is 0 Å². The maximum Gasteiger partial charge on any atom is 0.129 e. The molecule has 0 N–H and O–H groups in total. The lowest BCUT2D eigenvalue weighted by molar-refractivity contribution is -0.126. The van der Waals surface area contributed by atoms with Gasteiger partial charge in [-0.1, -0.05) is 13.8 Å². The van der Waals surface area contributed by atoms with E-state index in [1.54, 1.807) is 0 Å². The molecule has 0 saturated carbocycles. The predicted octanol–water partition coefficient (Wildman–Crippen LogP) is 1.96. The van der Waals surface area contributed by atoms with Crippen LogP contribution in [0.25, 0.3) is 0 Å². The number of ether oxygens (including phenoxy) is 1. The summed E-state index contributed by atoms with van der Waals surface area (Å²) in [5.41, 5.74) is -0.224. The van der Waals surface area contributed by atoms with Crippen molar-refractivity contribution < 1.29 is 9.53 Å². The highest BCUT2D eigenvalue weighted by molar-refractivity contribution is 5.60. The third-order valence-corrected chi connectivity index (χ3v) is 4.56. The van der Waals surface area contributed by atoms with E-state index in [-0.39, 0.29) is 5.41 Å². The molecule has 0 spiro atoms. The summed E-state index contributed by atoms with van der Waals surface area (Å²) in [5, 5.41) is 0. The van der Waals surface area contributed by atoms with Crippen molar-refractivity contribution in [2.75, 3.05) is 32.8 Å². The number of hydrogen-bond donors (Lipinski definition) is 0. The van der Waals surface area contributed by atoms with Gasteiger partial charge in [-0.15, -0.1) is 0 Å². The predicted molar refractivity (Wildman–Crippen MR) is 67.9 cm³/mol. The third-order valence-electron chi connectivity index (χ3n) is 4.56. The highest BCUT2D eigenvalue weighted by Crippen LogP contribution is 2.30. The van der Waals surface area contributed by atoms with E-state index in [0.29, 0.717) is 6.61 Å². The van der Waals surface area contributed by atoms with E-state index in [1.807, 2.05) is 0 Å². The summed E-state index contributed by atoms with van der Waals surface area (Å²) in [5.74, 6) is 1.57. The summed E-state index contributed by atoms with van der Waals surface area (Å²) in [6.07, 6.45) is 4.43. The molecule has 17 heavy (non-hydrogen) atoms. The van der Waals surface area contributed by atoms with Gasteiger partial charge in [0.15, 0.2) is 0 Å². The Bertz CT molecular complexity index is 261. The Kier molecular flexibility index (Phi) is 4.21. The van der Waals surface area contributed by atoms with Crippen LogP contribution in [0.3, 0.4) is 0 Å². The van der Waals surface area contributed by atoms with Crippen LogP contribution >= 0.6 is 0 Å². The van der Waals surface area contributed by atoms with E-state index in [2.05, 4.69) is 18.7 Å². The van der Waals surface area contributed by atoms with Crippen LogP contribution < -0.4 is 0 Å². The fraction of sp³-hybridized carbons (Fsp3) is 0.929. The molecule has 2 aliphatic rings. The van der Waals surface area contributed by atoms with Crippen LogP contribution in [0, 0.1) is 17.3 Å². The zero-order valence-electron chi connectivity index (χ0n) is 11.2. The largest absolute Gasteiger partial charge is 0.380 e. The first kappa shape index (κ1) is 13.0. The van der Waals surface area contributed by atoms with Gasteiger partial charge in [0.05, 0.1) is 12.0 Å². The van der Waals surface area contributed by atoms with Gasteiger partial charge in [-0.2, -0.15) is 0 Å². The molecule has 2 fully saturated rings. The average Bonchev–Trinajstić information content (AvgIpc) is 2.35. The molecule has 0 bridgehead atoms. The Hall–Kier alpha value is -0.410. The van der Waals surface area contributed by atoms with Crippen molar-refractivity contribution in [2.45, 2.75) is 33.1 Å². The maximum atomic E-state index is 11.4. The summed E-state index contributed by atoms with van der Waals surface area (Å²) < 4.78 is 5.51. The first-order valence-corrected chi connectivity index (χ1v) is 6.92. The molecule has 0 aromatic carbocycles. The Morgan fingerprint density at radius 2 is 2.24 bits per heavy atom. The van der Waals surface area contributed by atoms with Gasteiger partial charge in [0.2, 0.25) is 0 Å². The molecule has 3 unspecified atom stereocenters. The zero-order valence-corrected chi connectivity index (χ0v) is 11.2. The lowest BCUT2D eigenvalue weighted by Gasteiger charge is -2.41. The highest BCUT2D eigenvalue weighted by atomic mass is 16.5. The first-order chi connectivity index (χ1) is 8.15. The molecule has 0 aromatic rings. The van der Waals surface area contributed by atoms with E-state index in [1.165, 1.54) is 6.42 Å². The number of nitrogens with zero attached hydrogens (tertiary/aromatic N) is 1. The fourth-order valence-electron chi connectivity index (χ4n) is 3.07. The monoisotopic (exact) mass is 239 g/mol. The van der Waals surface area contributed by atoms with E-state index >= 15 is 0 Å². The lowest BCUT2D eigenvalue weighted by Crippen LogP contribution is -2.48. The minimum atomic E-state index is -0.224. The topological polar surface area (TPSA) is 29.5 Å². The van der Waals surface area contributed by atoms with Gasteiger partial charge in [0.25, 0.3) is 0 Å². The molecule has 0 aliphatic carbocycles. The minimum absolute atomic E-state index is 0.224. The molecule has 0 radical (unpaired) electrons. The van der Waals surface area contributed by atoms with E-state index in [9.17, 15) is 4.79 Å². The van der Waals surface area contributed by atoms with Crippen molar-refractivity contribution in [1.29, 1.82) is 0 Å². The summed E-state index contributed by atoms with van der Waals surface area (Å²) in [6, 6.07) is 0. The molecular weight excluding hydrogens is 214 g/mol. The second-order valence-electron chi connectivity index (χ2n) is 6.11. The molecule has 3 heteroatoms. The number of aldehydes is 1. The molecule has 2 saturated heterocycles. The van der Waals surface area contributed by atoms with Gasteiger partial charge in [0, 0.05) is 19.7 Å². The Morgan fingerprint density at radius 3 is 2.82 bits per heavy atom. The van der Waals surface area contributed by atoms with Crippen molar-refractivity contribution in [1.82, 2.24) is 4.90 Å². The normalized spacial score (nSPS) is 40.1. The second kappa shape index (κ2) is 5.49. The van der Waals surface area contributed by atoms with Gasteiger partial charge in [-0.05, 0) is 37.6 Å². The lowest BCUT2D eigenvalue weighted by atomic mass is 9.81. The van der Waals surface area contributed by atoms with Crippen molar-refractivity contribution >= 4 is 6.29 Å². The molecule has 2 rings (SSSR count). The number of carbonyl (C=O) groups is 1. The molecule has 3 nitrogen and oxygen atoms in total. The Balaban J connectivity index is 1.92. The smallest absolute Gasteiger partial charge is 0.129 e. The third kappa shape index (κ3) is 3.08. The highest BCUT2D eigenvalue weighted by Gasteiger charge is 2.36. The second-order valence-corrected chi connectivity index (χ2v) is 6.11. The molecule has 3 atom stereocenters. The zero-order chi connectivity index (χ0) is 12.3.